The number of ether oxygens (including phenoxy) is 1. The summed E-state index contributed by atoms with van der Waals surface area (Å²) in [5, 5.41) is 8.88. The Morgan fingerprint density at radius 1 is 1.11 bits per heavy atom. The molecule has 0 atom stereocenters. The van der Waals surface area contributed by atoms with Crippen LogP contribution >= 0.6 is 0 Å². The van der Waals surface area contributed by atoms with Gasteiger partial charge in [0.05, 0.1) is 11.6 Å². The highest BCUT2D eigenvalue weighted by atomic mass is 19.1. The first-order valence-electron chi connectivity index (χ1n) is 5.99. The van der Waals surface area contributed by atoms with Crippen LogP contribution < -0.4 is 4.74 Å². The molecular formula is C16H14FNO. The van der Waals surface area contributed by atoms with Crippen molar-refractivity contribution in [3.63, 3.8) is 0 Å². The van der Waals surface area contributed by atoms with Gasteiger partial charge in [0.1, 0.15) is 18.2 Å². The van der Waals surface area contributed by atoms with Crippen molar-refractivity contribution in [3.05, 3.63) is 64.5 Å². The molecule has 0 aliphatic rings. The number of hydrogen-bond acceptors (Lipinski definition) is 2. The molecule has 0 bridgehead atoms. The topological polar surface area (TPSA) is 33.0 Å². The van der Waals surface area contributed by atoms with Crippen LogP contribution in [0.4, 0.5) is 4.39 Å². The first-order valence-corrected chi connectivity index (χ1v) is 5.99. The van der Waals surface area contributed by atoms with Crippen LogP contribution in [0.3, 0.4) is 0 Å². The van der Waals surface area contributed by atoms with Crippen LogP contribution in [0.2, 0.25) is 0 Å². The summed E-state index contributed by atoms with van der Waals surface area (Å²) in [6.45, 7) is 4.20. The third-order valence-corrected chi connectivity index (χ3v) is 2.89. The molecule has 19 heavy (non-hydrogen) atoms. The lowest BCUT2D eigenvalue weighted by atomic mass is 10.1. The number of nitrogens with zero attached hydrogens (tertiary/aromatic N) is 1. The zero-order valence-electron chi connectivity index (χ0n) is 10.9. The van der Waals surface area contributed by atoms with E-state index < -0.39 is 0 Å². The van der Waals surface area contributed by atoms with Crippen molar-refractivity contribution < 1.29 is 9.13 Å². The van der Waals surface area contributed by atoms with Gasteiger partial charge in [-0.2, -0.15) is 5.26 Å². The SMILES string of the molecule is Cc1cc(C#N)cc(C)c1OCc1ccc(F)cc1. The third-order valence-electron chi connectivity index (χ3n) is 2.89. The quantitative estimate of drug-likeness (QED) is 0.833. The fraction of sp³-hybridized carbons (Fsp3) is 0.188. The van der Waals surface area contributed by atoms with E-state index in [2.05, 4.69) is 6.07 Å². The Bertz CT molecular complexity index is 603. The van der Waals surface area contributed by atoms with E-state index >= 15 is 0 Å². The van der Waals surface area contributed by atoms with Crippen LogP contribution in [-0.2, 0) is 6.61 Å². The van der Waals surface area contributed by atoms with Gasteiger partial charge in [-0.25, -0.2) is 4.39 Å². The van der Waals surface area contributed by atoms with Gasteiger partial charge in [-0.1, -0.05) is 12.1 Å². The summed E-state index contributed by atoms with van der Waals surface area (Å²) in [5.74, 6) is 0.526. The van der Waals surface area contributed by atoms with Crippen molar-refractivity contribution >= 4 is 0 Å². The van der Waals surface area contributed by atoms with E-state index in [9.17, 15) is 4.39 Å². The lowest BCUT2D eigenvalue weighted by Gasteiger charge is -2.12. The number of nitriles is 1. The van der Waals surface area contributed by atoms with Gasteiger partial charge in [0, 0.05) is 0 Å². The Kier molecular flexibility index (Phi) is 3.82. The standard InChI is InChI=1S/C16H14FNO/c1-11-7-14(9-18)8-12(2)16(11)19-10-13-3-5-15(17)6-4-13/h3-8H,10H2,1-2H3. The summed E-state index contributed by atoms with van der Waals surface area (Å²) < 4.78 is 18.6. The average molecular weight is 255 g/mol. The molecule has 0 aliphatic heterocycles. The summed E-state index contributed by atoms with van der Waals surface area (Å²) in [5.41, 5.74) is 3.39. The molecule has 0 aliphatic carbocycles. The summed E-state index contributed by atoms with van der Waals surface area (Å²) >= 11 is 0. The molecule has 0 saturated carbocycles. The van der Waals surface area contributed by atoms with Gasteiger partial charge in [0.15, 0.2) is 0 Å². The molecule has 0 fully saturated rings. The molecule has 96 valence electrons. The first kappa shape index (κ1) is 13.1. The van der Waals surface area contributed by atoms with E-state index in [1.807, 2.05) is 13.8 Å². The normalized spacial score (nSPS) is 10.0. The maximum Gasteiger partial charge on any atom is 0.125 e. The molecule has 2 nitrogen and oxygen atoms in total. The van der Waals surface area contributed by atoms with Crippen LogP contribution in [0, 0.1) is 31.0 Å². The van der Waals surface area contributed by atoms with Gasteiger partial charge < -0.3 is 4.74 Å². The minimum absolute atomic E-state index is 0.255. The lowest BCUT2D eigenvalue weighted by Crippen LogP contribution is -1.99. The van der Waals surface area contributed by atoms with Crippen molar-refractivity contribution in [1.29, 1.82) is 5.26 Å². The first-order chi connectivity index (χ1) is 9.10. The molecule has 0 radical (unpaired) electrons. The van der Waals surface area contributed by atoms with Crippen LogP contribution in [0.25, 0.3) is 0 Å². The largest absolute Gasteiger partial charge is 0.488 e. The van der Waals surface area contributed by atoms with Crippen LogP contribution in [0.15, 0.2) is 36.4 Å². The predicted molar refractivity (Wildman–Crippen MR) is 71.4 cm³/mol. The highest BCUT2D eigenvalue weighted by Gasteiger charge is 2.06. The van der Waals surface area contributed by atoms with Gasteiger partial charge in [-0.3, -0.25) is 0 Å². The zero-order chi connectivity index (χ0) is 13.8. The molecule has 0 saturated heterocycles. The fourth-order valence-corrected chi connectivity index (χ4v) is 1.98. The molecule has 0 heterocycles. The molecule has 0 aromatic heterocycles. The molecule has 0 amide bonds. The van der Waals surface area contributed by atoms with E-state index in [1.165, 1.54) is 12.1 Å². The Balaban J connectivity index is 2.16. The zero-order valence-corrected chi connectivity index (χ0v) is 10.9. The number of benzene rings is 2. The van der Waals surface area contributed by atoms with Crippen molar-refractivity contribution in [2.45, 2.75) is 20.5 Å². The van der Waals surface area contributed by atoms with Crippen LogP contribution in [0.1, 0.15) is 22.3 Å². The van der Waals surface area contributed by atoms with Crippen molar-refractivity contribution in [1.82, 2.24) is 0 Å². The maximum atomic E-state index is 12.8. The van der Waals surface area contributed by atoms with Gasteiger partial charge >= 0.3 is 0 Å². The smallest absolute Gasteiger partial charge is 0.125 e. The second-order valence-electron chi connectivity index (χ2n) is 4.47. The summed E-state index contributed by atoms with van der Waals surface area (Å²) in [4.78, 5) is 0. The summed E-state index contributed by atoms with van der Waals surface area (Å²) in [7, 11) is 0. The molecule has 2 aromatic carbocycles. The Hall–Kier alpha value is -2.34. The van der Waals surface area contributed by atoms with Crippen molar-refractivity contribution in [2.24, 2.45) is 0 Å². The second kappa shape index (κ2) is 5.53. The van der Waals surface area contributed by atoms with Crippen LogP contribution in [-0.4, -0.2) is 0 Å². The fourth-order valence-electron chi connectivity index (χ4n) is 1.98. The summed E-state index contributed by atoms with van der Waals surface area (Å²) in [6.07, 6.45) is 0. The van der Waals surface area contributed by atoms with E-state index in [0.29, 0.717) is 12.2 Å². The van der Waals surface area contributed by atoms with Crippen LogP contribution in [0.5, 0.6) is 5.75 Å². The van der Waals surface area contributed by atoms with Gasteiger partial charge in [-0.05, 0) is 54.8 Å². The number of halogens is 1. The van der Waals surface area contributed by atoms with Gasteiger partial charge in [0.25, 0.3) is 0 Å². The number of aryl methyl sites for hydroxylation is 2. The Morgan fingerprint density at radius 3 is 2.21 bits per heavy atom. The van der Waals surface area contributed by atoms with Crippen molar-refractivity contribution in [2.75, 3.05) is 0 Å². The van der Waals surface area contributed by atoms with E-state index in [1.54, 1.807) is 24.3 Å². The second-order valence-corrected chi connectivity index (χ2v) is 4.47. The maximum absolute atomic E-state index is 12.8. The molecule has 2 aromatic rings. The molecule has 3 heteroatoms. The molecule has 0 spiro atoms. The van der Waals surface area contributed by atoms with Gasteiger partial charge in [0.2, 0.25) is 0 Å². The third kappa shape index (κ3) is 3.11. The highest BCUT2D eigenvalue weighted by Crippen LogP contribution is 2.25. The summed E-state index contributed by atoms with van der Waals surface area (Å²) in [6, 6.07) is 11.9. The lowest BCUT2D eigenvalue weighted by molar-refractivity contribution is 0.302. The molecule has 0 unspecified atom stereocenters. The van der Waals surface area contributed by atoms with Gasteiger partial charge in [-0.15, -0.1) is 0 Å². The number of hydrogen-bond donors (Lipinski definition) is 0. The van der Waals surface area contributed by atoms with E-state index in [-0.39, 0.29) is 5.82 Å². The Morgan fingerprint density at radius 2 is 1.68 bits per heavy atom. The molecule has 2 rings (SSSR count). The van der Waals surface area contributed by atoms with Crippen molar-refractivity contribution in [3.8, 4) is 11.8 Å². The van der Waals surface area contributed by atoms with E-state index in [0.717, 1.165) is 22.4 Å². The predicted octanol–water partition coefficient (Wildman–Crippen LogP) is 3.89. The molecule has 0 N–H and O–H groups in total. The Labute approximate surface area is 112 Å². The van der Waals surface area contributed by atoms with E-state index in [4.69, 9.17) is 10.00 Å². The average Bonchev–Trinajstić information content (AvgIpc) is 2.39. The highest BCUT2D eigenvalue weighted by molar-refractivity contribution is 5.47. The minimum Gasteiger partial charge on any atom is -0.488 e. The minimum atomic E-state index is -0.255. The number of rotatable bonds is 3. The monoisotopic (exact) mass is 255 g/mol. The molecular weight excluding hydrogens is 241 g/mol.